The molecule has 3 aromatic rings. The van der Waals surface area contributed by atoms with Crippen molar-refractivity contribution in [1.82, 2.24) is 4.90 Å². The molecule has 2 amide bonds. The summed E-state index contributed by atoms with van der Waals surface area (Å²) in [6.07, 6.45) is 1.16. The Labute approximate surface area is 256 Å². The average Bonchev–Trinajstić information content (AvgIpc) is 3.43. The van der Waals surface area contributed by atoms with Crippen molar-refractivity contribution in [2.45, 2.75) is 76.8 Å². The summed E-state index contributed by atoms with van der Waals surface area (Å²) < 4.78 is 59.3. The predicted molar refractivity (Wildman–Crippen MR) is 164 cm³/mol. The SMILES string of the molecule is C=C(C)C[C@@H](C(=O)N1CCOC1=O)c1ccc(C(CCCCCCC)c2ccc(F)cc2)c(-c2ccc(C(F)(F)F)cc2)c1. The third-order valence-corrected chi connectivity index (χ3v) is 8.12. The fraction of sp³-hybridized carbons (Fsp3) is 0.389. The van der Waals surface area contributed by atoms with Gasteiger partial charge in [0.2, 0.25) is 5.91 Å². The molecule has 0 aliphatic carbocycles. The van der Waals surface area contributed by atoms with Crippen LogP contribution in [0.15, 0.2) is 78.9 Å². The first kappa shape index (κ1) is 33.0. The number of carbonyl (C=O) groups is 2. The Morgan fingerprint density at radius 1 is 0.955 bits per heavy atom. The van der Waals surface area contributed by atoms with Crippen LogP contribution in [0.2, 0.25) is 0 Å². The van der Waals surface area contributed by atoms with Crippen LogP contribution in [0.1, 0.15) is 92.9 Å². The third-order valence-electron chi connectivity index (χ3n) is 8.12. The van der Waals surface area contributed by atoms with Gasteiger partial charge in [-0.1, -0.05) is 87.1 Å². The maximum absolute atomic E-state index is 13.9. The Morgan fingerprint density at radius 3 is 2.20 bits per heavy atom. The van der Waals surface area contributed by atoms with E-state index in [-0.39, 0.29) is 31.3 Å². The Hall–Kier alpha value is -3.94. The number of nitrogens with zero attached hydrogens (tertiary/aromatic N) is 1. The predicted octanol–water partition coefficient (Wildman–Crippen LogP) is 10.0. The van der Waals surface area contributed by atoms with Gasteiger partial charge in [0.25, 0.3) is 0 Å². The lowest BCUT2D eigenvalue weighted by molar-refractivity contribution is -0.137. The lowest BCUT2D eigenvalue weighted by atomic mass is 9.80. The van der Waals surface area contributed by atoms with Gasteiger partial charge < -0.3 is 4.74 Å². The minimum Gasteiger partial charge on any atom is -0.447 e. The first-order valence-corrected chi connectivity index (χ1v) is 15.2. The largest absolute Gasteiger partial charge is 0.447 e. The number of hydrogen-bond donors (Lipinski definition) is 0. The number of hydrogen-bond acceptors (Lipinski definition) is 3. The summed E-state index contributed by atoms with van der Waals surface area (Å²) in [5, 5.41) is 0. The standard InChI is InChI=1S/C36H39F4NO3/c1-4-5-6-7-8-9-30(25-12-17-29(37)18-13-25)31-19-14-27(23-32(31)26-10-15-28(16-11-26)36(38,39)40)33(22-24(2)3)34(42)41-20-21-44-35(41)43/h10-19,23,30,33H,2,4-9,20-22H2,1,3H3/t30?,33-/m1/s1. The maximum atomic E-state index is 13.9. The first-order chi connectivity index (χ1) is 21.0. The highest BCUT2D eigenvalue weighted by Crippen LogP contribution is 2.40. The van der Waals surface area contributed by atoms with Gasteiger partial charge in [-0.2, -0.15) is 13.2 Å². The van der Waals surface area contributed by atoms with Crippen molar-refractivity contribution in [3.63, 3.8) is 0 Å². The number of ether oxygens (including phenoxy) is 1. The summed E-state index contributed by atoms with van der Waals surface area (Å²) in [5.41, 5.74) is 3.63. The Kier molecular flexibility index (Phi) is 11.0. The molecule has 44 heavy (non-hydrogen) atoms. The van der Waals surface area contributed by atoms with Crippen LogP contribution in [0.3, 0.4) is 0 Å². The summed E-state index contributed by atoms with van der Waals surface area (Å²) in [5.74, 6) is -1.66. The Morgan fingerprint density at radius 2 is 1.61 bits per heavy atom. The molecule has 0 spiro atoms. The number of unbranched alkanes of at least 4 members (excludes halogenated alkanes) is 4. The monoisotopic (exact) mass is 609 g/mol. The van der Waals surface area contributed by atoms with Crippen LogP contribution in [0, 0.1) is 5.82 Å². The molecule has 1 aliphatic heterocycles. The fourth-order valence-corrected chi connectivity index (χ4v) is 5.81. The molecule has 0 saturated carbocycles. The summed E-state index contributed by atoms with van der Waals surface area (Å²) >= 11 is 0. The number of benzene rings is 3. The van der Waals surface area contributed by atoms with Crippen LogP contribution in [-0.2, 0) is 15.7 Å². The molecule has 2 atom stereocenters. The van der Waals surface area contributed by atoms with E-state index >= 15 is 0 Å². The van der Waals surface area contributed by atoms with Crippen molar-refractivity contribution >= 4 is 12.0 Å². The molecule has 0 bridgehead atoms. The summed E-state index contributed by atoms with van der Waals surface area (Å²) in [4.78, 5) is 27.0. The van der Waals surface area contributed by atoms with Crippen molar-refractivity contribution in [3.05, 3.63) is 107 Å². The van der Waals surface area contributed by atoms with Gasteiger partial charge in [-0.05, 0) is 71.8 Å². The molecule has 1 heterocycles. The Balaban J connectivity index is 1.84. The zero-order valence-electron chi connectivity index (χ0n) is 25.3. The molecular weight excluding hydrogens is 570 g/mol. The lowest BCUT2D eigenvalue weighted by Gasteiger charge is -2.25. The second kappa shape index (κ2) is 14.7. The van der Waals surface area contributed by atoms with E-state index in [4.69, 9.17) is 4.74 Å². The minimum absolute atomic E-state index is 0.123. The third kappa shape index (κ3) is 8.16. The van der Waals surface area contributed by atoms with Crippen LogP contribution in [0.4, 0.5) is 22.4 Å². The topological polar surface area (TPSA) is 46.6 Å². The van der Waals surface area contributed by atoms with Crippen LogP contribution >= 0.6 is 0 Å². The zero-order chi connectivity index (χ0) is 31.9. The van der Waals surface area contributed by atoms with Crippen LogP contribution in [0.5, 0.6) is 0 Å². The molecule has 4 nitrogen and oxygen atoms in total. The number of carbonyl (C=O) groups excluding carboxylic acids is 2. The van der Waals surface area contributed by atoms with Gasteiger partial charge in [-0.15, -0.1) is 6.58 Å². The van der Waals surface area contributed by atoms with Gasteiger partial charge in [-0.25, -0.2) is 14.1 Å². The van der Waals surface area contributed by atoms with Crippen molar-refractivity contribution in [2.75, 3.05) is 13.2 Å². The molecule has 4 rings (SSSR count). The highest BCUT2D eigenvalue weighted by Gasteiger charge is 2.35. The number of allylic oxidation sites excluding steroid dienone is 1. The van der Waals surface area contributed by atoms with E-state index in [1.165, 1.54) is 24.3 Å². The first-order valence-electron chi connectivity index (χ1n) is 15.2. The Bertz CT molecular complexity index is 1450. The fourth-order valence-electron chi connectivity index (χ4n) is 5.81. The van der Waals surface area contributed by atoms with Gasteiger partial charge in [0.05, 0.1) is 18.0 Å². The number of amides is 2. The molecule has 1 saturated heterocycles. The summed E-state index contributed by atoms with van der Waals surface area (Å²) in [6, 6.07) is 17.0. The summed E-state index contributed by atoms with van der Waals surface area (Å²) in [7, 11) is 0. The smallest absolute Gasteiger partial charge is 0.416 e. The lowest BCUT2D eigenvalue weighted by Crippen LogP contribution is -2.36. The minimum atomic E-state index is -4.48. The number of alkyl halides is 3. The molecule has 1 unspecified atom stereocenters. The highest BCUT2D eigenvalue weighted by molar-refractivity contribution is 5.97. The molecule has 0 N–H and O–H groups in total. The van der Waals surface area contributed by atoms with Gasteiger partial charge in [0.15, 0.2) is 0 Å². The molecule has 3 aromatic carbocycles. The molecule has 0 aromatic heterocycles. The molecule has 234 valence electrons. The highest BCUT2D eigenvalue weighted by atomic mass is 19.4. The van der Waals surface area contributed by atoms with Crippen molar-refractivity contribution < 1.29 is 31.9 Å². The summed E-state index contributed by atoms with van der Waals surface area (Å²) in [6.45, 7) is 8.21. The number of rotatable bonds is 13. The number of cyclic esters (lactones) is 1. The van der Waals surface area contributed by atoms with Crippen molar-refractivity contribution in [1.29, 1.82) is 0 Å². The van der Waals surface area contributed by atoms with Gasteiger partial charge in [0.1, 0.15) is 12.4 Å². The molecular formula is C36H39F4NO3. The normalized spacial score (nSPS) is 14.8. The van der Waals surface area contributed by atoms with Crippen molar-refractivity contribution in [3.8, 4) is 11.1 Å². The molecule has 1 aliphatic rings. The van der Waals surface area contributed by atoms with Gasteiger partial charge in [0, 0.05) is 5.92 Å². The number of imide groups is 1. The van der Waals surface area contributed by atoms with Crippen LogP contribution in [-0.4, -0.2) is 30.1 Å². The van der Waals surface area contributed by atoms with E-state index in [2.05, 4.69) is 13.5 Å². The van der Waals surface area contributed by atoms with E-state index in [1.807, 2.05) is 18.2 Å². The second-order valence-corrected chi connectivity index (χ2v) is 11.5. The molecule has 0 radical (unpaired) electrons. The van der Waals surface area contributed by atoms with Gasteiger partial charge in [-0.3, -0.25) is 4.79 Å². The average molecular weight is 610 g/mol. The van der Waals surface area contributed by atoms with Crippen LogP contribution < -0.4 is 0 Å². The zero-order valence-corrected chi connectivity index (χ0v) is 25.3. The van der Waals surface area contributed by atoms with E-state index in [1.54, 1.807) is 19.1 Å². The van der Waals surface area contributed by atoms with E-state index in [9.17, 15) is 27.2 Å². The van der Waals surface area contributed by atoms with E-state index < -0.39 is 29.7 Å². The van der Waals surface area contributed by atoms with Crippen molar-refractivity contribution in [2.24, 2.45) is 0 Å². The number of halogens is 4. The van der Waals surface area contributed by atoms with E-state index in [0.717, 1.165) is 72.3 Å². The second-order valence-electron chi connectivity index (χ2n) is 11.5. The molecule has 1 fully saturated rings. The van der Waals surface area contributed by atoms with E-state index in [0.29, 0.717) is 16.7 Å². The van der Waals surface area contributed by atoms with Gasteiger partial charge >= 0.3 is 12.3 Å². The van der Waals surface area contributed by atoms with Crippen LogP contribution in [0.25, 0.3) is 11.1 Å². The molecule has 8 heteroatoms. The quantitative estimate of drug-likeness (QED) is 0.110. The maximum Gasteiger partial charge on any atom is 0.416 e.